The number of furan rings is 1. The number of carbonyl (C=O) groups is 1. The summed E-state index contributed by atoms with van der Waals surface area (Å²) in [4.78, 5) is 12.1. The molecule has 21 heavy (non-hydrogen) atoms. The Hall–Kier alpha value is -2.56. The molecule has 3 aromatic rings. The van der Waals surface area contributed by atoms with E-state index < -0.39 is 0 Å². The van der Waals surface area contributed by atoms with Crippen LogP contribution in [0, 0.1) is 13.8 Å². The third kappa shape index (κ3) is 2.81. The Morgan fingerprint density at radius 2 is 2.10 bits per heavy atom. The largest absolute Gasteiger partial charge is 0.451 e. The van der Waals surface area contributed by atoms with Crippen LogP contribution < -0.4 is 5.32 Å². The first kappa shape index (κ1) is 13.4. The third-order valence-corrected chi connectivity index (χ3v) is 3.36. The molecule has 0 aliphatic carbocycles. The summed E-state index contributed by atoms with van der Waals surface area (Å²) in [5, 5.41) is 8.14. The molecule has 1 N–H and O–H groups in total. The predicted molar refractivity (Wildman–Crippen MR) is 80.2 cm³/mol. The molecule has 0 unspecified atom stereocenters. The number of nitrogens with zero attached hydrogens (tertiary/aromatic N) is 2. The van der Waals surface area contributed by atoms with Crippen LogP contribution in [0.5, 0.6) is 0 Å². The first-order valence-corrected chi connectivity index (χ1v) is 6.91. The van der Waals surface area contributed by atoms with Crippen molar-refractivity contribution in [1.29, 1.82) is 0 Å². The number of amides is 1. The van der Waals surface area contributed by atoms with Gasteiger partial charge in [-0.05, 0) is 32.0 Å². The summed E-state index contributed by atoms with van der Waals surface area (Å²) in [6, 6.07) is 11.3. The van der Waals surface area contributed by atoms with E-state index in [4.69, 9.17) is 4.42 Å². The number of hydrogen-bond acceptors (Lipinski definition) is 3. The van der Waals surface area contributed by atoms with Gasteiger partial charge in [-0.15, -0.1) is 0 Å². The van der Waals surface area contributed by atoms with Crippen molar-refractivity contribution in [3.05, 3.63) is 53.5 Å². The second kappa shape index (κ2) is 5.44. The van der Waals surface area contributed by atoms with Crippen molar-refractivity contribution in [2.24, 2.45) is 0 Å². The van der Waals surface area contributed by atoms with Gasteiger partial charge in [0.15, 0.2) is 5.76 Å². The van der Waals surface area contributed by atoms with Crippen LogP contribution in [0.15, 0.2) is 40.8 Å². The number of aromatic nitrogens is 2. The first-order chi connectivity index (χ1) is 10.1. The standard InChI is InChI=1S/C16H17N3O2/c1-11-9-12(2)19(18-11)8-7-17-16(20)15-10-13-5-3-4-6-14(13)21-15/h3-6,9-10H,7-8H2,1-2H3,(H,17,20). The average Bonchev–Trinajstić information content (AvgIpc) is 3.02. The molecule has 5 heteroatoms. The topological polar surface area (TPSA) is 60.1 Å². The molecule has 3 rings (SSSR count). The molecule has 2 aromatic heterocycles. The van der Waals surface area contributed by atoms with Crippen LogP contribution in [0.3, 0.4) is 0 Å². The van der Waals surface area contributed by atoms with E-state index in [1.165, 1.54) is 0 Å². The van der Waals surface area contributed by atoms with Gasteiger partial charge in [0.1, 0.15) is 5.58 Å². The zero-order valence-corrected chi connectivity index (χ0v) is 12.1. The molecule has 0 atom stereocenters. The minimum Gasteiger partial charge on any atom is -0.451 e. The minimum atomic E-state index is -0.201. The summed E-state index contributed by atoms with van der Waals surface area (Å²) in [6.45, 7) is 5.11. The van der Waals surface area contributed by atoms with Crippen LogP contribution in [0.25, 0.3) is 11.0 Å². The van der Waals surface area contributed by atoms with Crippen molar-refractivity contribution in [3.8, 4) is 0 Å². The smallest absolute Gasteiger partial charge is 0.287 e. The van der Waals surface area contributed by atoms with Crippen molar-refractivity contribution in [2.45, 2.75) is 20.4 Å². The van der Waals surface area contributed by atoms with E-state index >= 15 is 0 Å². The fourth-order valence-corrected chi connectivity index (χ4v) is 2.36. The molecular formula is C16H17N3O2. The van der Waals surface area contributed by atoms with Gasteiger partial charge in [-0.25, -0.2) is 0 Å². The van der Waals surface area contributed by atoms with Gasteiger partial charge in [0.25, 0.3) is 5.91 Å². The lowest BCUT2D eigenvalue weighted by atomic mass is 10.2. The number of aryl methyl sites for hydroxylation is 2. The van der Waals surface area contributed by atoms with Gasteiger partial charge < -0.3 is 9.73 Å². The van der Waals surface area contributed by atoms with Crippen molar-refractivity contribution < 1.29 is 9.21 Å². The fourth-order valence-electron chi connectivity index (χ4n) is 2.36. The predicted octanol–water partition coefficient (Wildman–Crippen LogP) is 2.68. The highest BCUT2D eigenvalue weighted by atomic mass is 16.3. The van der Waals surface area contributed by atoms with E-state index in [1.54, 1.807) is 6.07 Å². The molecule has 2 heterocycles. The molecule has 0 saturated carbocycles. The summed E-state index contributed by atoms with van der Waals surface area (Å²) in [5.41, 5.74) is 2.79. The highest BCUT2D eigenvalue weighted by Gasteiger charge is 2.11. The lowest BCUT2D eigenvalue weighted by molar-refractivity contribution is 0.0926. The summed E-state index contributed by atoms with van der Waals surface area (Å²) in [6.07, 6.45) is 0. The van der Waals surface area contributed by atoms with Crippen LogP contribution in [0.2, 0.25) is 0 Å². The molecule has 5 nitrogen and oxygen atoms in total. The molecule has 108 valence electrons. The molecule has 0 spiro atoms. The number of para-hydroxylation sites is 1. The first-order valence-electron chi connectivity index (χ1n) is 6.91. The van der Waals surface area contributed by atoms with E-state index in [0.717, 1.165) is 22.4 Å². The Labute approximate surface area is 122 Å². The molecule has 0 aliphatic rings. The van der Waals surface area contributed by atoms with E-state index in [-0.39, 0.29) is 5.91 Å². The lowest BCUT2D eigenvalue weighted by Gasteiger charge is -2.05. The van der Waals surface area contributed by atoms with Gasteiger partial charge in [-0.2, -0.15) is 5.10 Å². The van der Waals surface area contributed by atoms with Crippen molar-refractivity contribution in [3.63, 3.8) is 0 Å². The molecular weight excluding hydrogens is 266 g/mol. The highest BCUT2D eigenvalue weighted by Crippen LogP contribution is 2.18. The van der Waals surface area contributed by atoms with E-state index in [0.29, 0.717) is 18.8 Å². The van der Waals surface area contributed by atoms with Gasteiger partial charge in [-0.1, -0.05) is 18.2 Å². The number of nitrogens with one attached hydrogen (secondary N) is 1. The number of fused-ring (bicyclic) bond motifs is 1. The Morgan fingerprint density at radius 3 is 2.81 bits per heavy atom. The third-order valence-electron chi connectivity index (χ3n) is 3.36. The Balaban J connectivity index is 1.62. The number of carbonyl (C=O) groups excluding carboxylic acids is 1. The molecule has 0 bridgehead atoms. The maximum atomic E-state index is 12.1. The minimum absolute atomic E-state index is 0.201. The molecule has 0 saturated heterocycles. The summed E-state index contributed by atoms with van der Waals surface area (Å²) >= 11 is 0. The zero-order chi connectivity index (χ0) is 14.8. The van der Waals surface area contributed by atoms with Gasteiger partial charge in [0, 0.05) is 17.6 Å². The highest BCUT2D eigenvalue weighted by molar-refractivity contribution is 5.95. The van der Waals surface area contributed by atoms with Crippen LogP contribution in [0.4, 0.5) is 0 Å². The second-order valence-corrected chi connectivity index (χ2v) is 5.05. The maximum Gasteiger partial charge on any atom is 0.287 e. The Morgan fingerprint density at radius 1 is 1.29 bits per heavy atom. The summed E-state index contributed by atoms with van der Waals surface area (Å²) in [7, 11) is 0. The van der Waals surface area contributed by atoms with Crippen LogP contribution in [-0.4, -0.2) is 22.2 Å². The average molecular weight is 283 g/mol. The molecule has 0 radical (unpaired) electrons. The van der Waals surface area contributed by atoms with Gasteiger partial charge in [0.05, 0.1) is 12.2 Å². The number of hydrogen-bond donors (Lipinski definition) is 1. The SMILES string of the molecule is Cc1cc(C)n(CCNC(=O)c2cc3ccccc3o2)n1. The molecule has 0 fully saturated rings. The normalized spacial score (nSPS) is 11.0. The maximum absolute atomic E-state index is 12.1. The molecule has 0 aliphatic heterocycles. The van der Waals surface area contributed by atoms with Gasteiger partial charge in [-0.3, -0.25) is 9.48 Å². The number of rotatable bonds is 4. The van der Waals surface area contributed by atoms with Gasteiger partial charge >= 0.3 is 0 Å². The van der Waals surface area contributed by atoms with E-state index in [1.807, 2.05) is 48.9 Å². The monoisotopic (exact) mass is 283 g/mol. The van der Waals surface area contributed by atoms with Crippen LogP contribution >= 0.6 is 0 Å². The number of benzene rings is 1. The van der Waals surface area contributed by atoms with Crippen LogP contribution in [0.1, 0.15) is 21.9 Å². The lowest BCUT2D eigenvalue weighted by Crippen LogP contribution is -2.27. The van der Waals surface area contributed by atoms with Crippen molar-refractivity contribution >= 4 is 16.9 Å². The Bertz CT molecular complexity index is 753. The molecule has 1 aromatic carbocycles. The zero-order valence-electron chi connectivity index (χ0n) is 12.1. The van der Waals surface area contributed by atoms with Crippen molar-refractivity contribution in [1.82, 2.24) is 15.1 Å². The van der Waals surface area contributed by atoms with Gasteiger partial charge in [0.2, 0.25) is 0 Å². The molecule has 1 amide bonds. The van der Waals surface area contributed by atoms with E-state index in [2.05, 4.69) is 10.4 Å². The quantitative estimate of drug-likeness (QED) is 0.800. The fraction of sp³-hybridized carbons (Fsp3) is 0.250. The van der Waals surface area contributed by atoms with Crippen molar-refractivity contribution in [2.75, 3.05) is 6.54 Å². The summed E-state index contributed by atoms with van der Waals surface area (Å²) in [5.74, 6) is 0.136. The van der Waals surface area contributed by atoms with Crippen LogP contribution in [-0.2, 0) is 6.54 Å². The second-order valence-electron chi connectivity index (χ2n) is 5.05. The summed E-state index contributed by atoms with van der Waals surface area (Å²) < 4.78 is 7.41. The van der Waals surface area contributed by atoms with E-state index in [9.17, 15) is 4.79 Å². The Kier molecular flexibility index (Phi) is 3.48.